The van der Waals surface area contributed by atoms with Crippen molar-refractivity contribution in [3.63, 3.8) is 0 Å². The number of hydrogen-bond donors (Lipinski definition) is 1. The molecule has 1 N–H and O–H groups in total. The van der Waals surface area contributed by atoms with Gasteiger partial charge in [0.05, 0.1) is 0 Å². The van der Waals surface area contributed by atoms with Crippen molar-refractivity contribution in [1.82, 2.24) is 0 Å². The van der Waals surface area contributed by atoms with Crippen LogP contribution in [0, 0.1) is 6.92 Å². The van der Waals surface area contributed by atoms with Gasteiger partial charge in [0.25, 0.3) is 0 Å². The molecule has 0 aliphatic rings. The first-order valence-corrected chi connectivity index (χ1v) is 8.13. The van der Waals surface area contributed by atoms with Gasteiger partial charge in [0, 0.05) is 0 Å². The van der Waals surface area contributed by atoms with Gasteiger partial charge < -0.3 is 5.11 Å². The van der Waals surface area contributed by atoms with Crippen molar-refractivity contribution in [2.45, 2.75) is 21.6 Å². The lowest BCUT2D eigenvalue weighted by atomic mass is 10.2. The molecule has 0 atom stereocenters. The van der Waals surface area contributed by atoms with Gasteiger partial charge in [-0.15, -0.1) is 0 Å². The SMILES string of the molecule is Cc1cccc([S+](c2ccccc2)c2ccccc2)c1O. The van der Waals surface area contributed by atoms with Gasteiger partial charge in [0.15, 0.2) is 15.5 Å². The number of phenolic OH excluding ortho intramolecular Hbond substituents is 1. The summed E-state index contributed by atoms with van der Waals surface area (Å²) in [6, 6.07) is 26.7. The van der Waals surface area contributed by atoms with Crippen LogP contribution in [-0.4, -0.2) is 5.11 Å². The average molecular weight is 293 g/mol. The van der Waals surface area contributed by atoms with Crippen LogP contribution in [0.1, 0.15) is 5.56 Å². The Labute approximate surface area is 128 Å². The van der Waals surface area contributed by atoms with E-state index < -0.39 is 0 Å². The van der Waals surface area contributed by atoms with Crippen molar-refractivity contribution in [3.05, 3.63) is 84.4 Å². The summed E-state index contributed by atoms with van der Waals surface area (Å²) in [6.45, 7) is 1.94. The molecule has 0 radical (unpaired) electrons. The Morgan fingerprint density at radius 2 is 1.19 bits per heavy atom. The van der Waals surface area contributed by atoms with Gasteiger partial charge in [-0.05, 0) is 42.8 Å². The lowest BCUT2D eigenvalue weighted by Crippen LogP contribution is -2.05. The highest BCUT2D eigenvalue weighted by Gasteiger charge is 2.31. The predicted molar refractivity (Wildman–Crippen MR) is 87.9 cm³/mol. The molecule has 0 bridgehead atoms. The highest BCUT2D eigenvalue weighted by Crippen LogP contribution is 2.37. The van der Waals surface area contributed by atoms with Crippen molar-refractivity contribution in [2.24, 2.45) is 0 Å². The molecule has 2 heteroatoms. The van der Waals surface area contributed by atoms with Crippen molar-refractivity contribution < 1.29 is 5.11 Å². The summed E-state index contributed by atoms with van der Waals surface area (Å²) < 4.78 is 0. The molecule has 3 aromatic rings. The Kier molecular flexibility index (Phi) is 3.98. The molecule has 0 saturated carbocycles. The van der Waals surface area contributed by atoms with Crippen LogP contribution < -0.4 is 0 Å². The van der Waals surface area contributed by atoms with Gasteiger partial charge in [0.2, 0.25) is 4.90 Å². The molecule has 0 amide bonds. The van der Waals surface area contributed by atoms with E-state index in [0.29, 0.717) is 5.75 Å². The minimum atomic E-state index is -0.286. The number of benzene rings is 3. The summed E-state index contributed by atoms with van der Waals surface area (Å²) in [7, 11) is -0.286. The maximum absolute atomic E-state index is 10.5. The van der Waals surface area contributed by atoms with E-state index in [0.717, 1.165) is 10.5 Å². The van der Waals surface area contributed by atoms with Crippen LogP contribution in [0.25, 0.3) is 0 Å². The second-order valence-electron chi connectivity index (χ2n) is 4.85. The Bertz CT molecular complexity index is 684. The largest absolute Gasteiger partial charge is 0.503 e. The van der Waals surface area contributed by atoms with Crippen molar-refractivity contribution >= 4 is 10.9 Å². The third-order valence-electron chi connectivity index (χ3n) is 3.38. The fourth-order valence-electron chi connectivity index (χ4n) is 2.30. The van der Waals surface area contributed by atoms with E-state index in [2.05, 4.69) is 24.3 Å². The molecule has 0 fully saturated rings. The summed E-state index contributed by atoms with van der Waals surface area (Å²) in [5, 5.41) is 10.5. The lowest BCUT2D eigenvalue weighted by molar-refractivity contribution is 0.457. The molecule has 0 saturated heterocycles. The van der Waals surface area contributed by atoms with Crippen LogP contribution in [0.15, 0.2) is 93.5 Å². The molecule has 21 heavy (non-hydrogen) atoms. The molecule has 104 valence electrons. The van der Waals surface area contributed by atoms with Crippen LogP contribution in [0.3, 0.4) is 0 Å². The summed E-state index contributed by atoms with van der Waals surface area (Å²) in [4.78, 5) is 3.40. The van der Waals surface area contributed by atoms with Gasteiger partial charge >= 0.3 is 0 Å². The zero-order chi connectivity index (χ0) is 14.7. The van der Waals surface area contributed by atoms with E-state index in [1.807, 2.05) is 61.5 Å². The quantitative estimate of drug-likeness (QED) is 0.688. The van der Waals surface area contributed by atoms with Crippen molar-refractivity contribution in [2.75, 3.05) is 0 Å². The Balaban J connectivity index is 2.20. The van der Waals surface area contributed by atoms with Gasteiger partial charge in [-0.2, -0.15) is 0 Å². The summed E-state index contributed by atoms with van der Waals surface area (Å²) >= 11 is 0. The van der Waals surface area contributed by atoms with Crippen molar-refractivity contribution in [3.8, 4) is 5.75 Å². The number of aryl methyl sites for hydroxylation is 1. The highest BCUT2D eigenvalue weighted by atomic mass is 32.2. The molecule has 0 unspecified atom stereocenters. The summed E-state index contributed by atoms with van der Waals surface area (Å²) in [5.74, 6) is 0.397. The van der Waals surface area contributed by atoms with E-state index >= 15 is 0 Å². The maximum atomic E-state index is 10.5. The third kappa shape index (κ3) is 2.81. The van der Waals surface area contributed by atoms with Crippen LogP contribution >= 0.6 is 0 Å². The molecule has 0 aliphatic heterocycles. The topological polar surface area (TPSA) is 20.2 Å². The molecular weight excluding hydrogens is 276 g/mol. The number of para-hydroxylation sites is 1. The normalized spacial score (nSPS) is 10.8. The smallest absolute Gasteiger partial charge is 0.208 e. The Morgan fingerprint density at radius 1 is 0.667 bits per heavy atom. The molecule has 0 spiro atoms. The van der Waals surface area contributed by atoms with Crippen LogP contribution in [0.2, 0.25) is 0 Å². The molecule has 3 aromatic carbocycles. The van der Waals surface area contributed by atoms with Gasteiger partial charge in [-0.1, -0.05) is 48.5 Å². The predicted octanol–water partition coefficient (Wildman–Crippen LogP) is 4.80. The zero-order valence-electron chi connectivity index (χ0n) is 11.9. The standard InChI is InChI=1S/C19H16OS/c1-15-9-8-14-18(19(15)20)21(16-10-4-2-5-11-16)17-12-6-3-7-13-17/h2-14H,1H3/p+1. The molecule has 1 nitrogen and oxygen atoms in total. The number of rotatable bonds is 3. The van der Waals surface area contributed by atoms with Crippen LogP contribution in [-0.2, 0) is 10.9 Å². The average Bonchev–Trinajstić information content (AvgIpc) is 2.54. The first-order valence-electron chi connectivity index (χ1n) is 6.90. The number of phenols is 1. The van der Waals surface area contributed by atoms with Gasteiger partial charge in [0.1, 0.15) is 10.9 Å². The zero-order valence-corrected chi connectivity index (χ0v) is 12.7. The van der Waals surface area contributed by atoms with E-state index in [9.17, 15) is 5.11 Å². The van der Waals surface area contributed by atoms with E-state index in [1.54, 1.807) is 0 Å². The van der Waals surface area contributed by atoms with E-state index in [1.165, 1.54) is 9.79 Å². The molecule has 0 aliphatic carbocycles. The molecule has 3 rings (SSSR count). The molecule has 0 heterocycles. The summed E-state index contributed by atoms with van der Waals surface area (Å²) in [6.07, 6.45) is 0. The second kappa shape index (κ2) is 6.06. The minimum absolute atomic E-state index is 0.286. The highest BCUT2D eigenvalue weighted by molar-refractivity contribution is 7.97. The summed E-state index contributed by atoms with van der Waals surface area (Å²) in [5.41, 5.74) is 0.914. The Hall–Kier alpha value is -2.19. The first-order chi connectivity index (χ1) is 10.3. The molecular formula is C19H17OS+. The second-order valence-corrected chi connectivity index (χ2v) is 6.85. The maximum Gasteiger partial charge on any atom is 0.208 e. The first kappa shape index (κ1) is 13.8. The number of hydrogen-bond acceptors (Lipinski definition) is 1. The number of aromatic hydroxyl groups is 1. The fraction of sp³-hybridized carbons (Fsp3) is 0.0526. The lowest BCUT2D eigenvalue weighted by Gasteiger charge is -2.10. The van der Waals surface area contributed by atoms with Crippen LogP contribution in [0.4, 0.5) is 0 Å². The fourth-order valence-corrected chi connectivity index (χ4v) is 4.51. The van der Waals surface area contributed by atoms with E-state index in [-0.39, 0.29) is 10.9 Å². The van der Waals surface area contributed by atoms with E-state index in [4.69, 9.17) is 0 Å². The van der Waals surface area contributed by atoms with Crippen LogP contribution in [0.5, 0.6) is 5.75 Å². The Morgan fingerprint density at radius 3 is 1.71 bits per heavy atom. The third-order valence-corrected chi connectivity index (χ3v) is 5.63. The van der Waals surface area contributed by atoms with Gasteiger partial charge in [-0.25, -0.2) is 0 Å². The van der Waals surface area contributed by atoms with Crippen molar-refractivity contribution in [1.29, 1.82) is 0 Å². The minimum Gasteiger partial charge on any atom is -0.503 e. The molecule has 0 aromatic heterocycles. The monoisotopic (exact) mass is 293 g/mol. The van der Waals surface area contributed by atoms with Gasteiger partial charge in [-0.3, -0.25) is 0 Å².